The molecule has 0 aliphatic carbocycles. The third kappa shape index (κ3) is 2.82. The number of rotatable bonds is 3. The molecule has 82 valence electrons. The topological polar surface area (TPSA) is 17.1 Å². The fourth-order valence-corrected chi connectivity index (χ4v) is 3.72. The summed E-state index contributed by atoms with van der Waals surface area (Å²) in [7, 11) is 0. The van der Waals surface area contributed by atoms with Gasteiger partial charge in [0.25, 0.3) is 0 Å². The van der Waals surface area contributed by atoms with Gasteiger partial charge in [-0.1, -0.05) is 0 Å². The van der Waals surface area contributed by atoms with Gasteiger partial charge in [0, 0.05) is 6.42 Å². The second-order valence-electron chi connectivity index (χ2n) is 3.78. The van der Waals surface area contributed by atoms with Crippen LogP contribution in [0.1, 0.15) is 28.9 Å². The van der Waals surface area contributed by atoms with Gasteiger partial charge in [-0.3, -0.25) is 4.79 Å². The van der Waals surface area contributed by atoms with E-state index in [9.17, 15) is 9.18 Å². The van der Waals surface area contributed by atoms with Crippen LogP contribution in [0, 0.1) is 11.7 Å². The molecular weight excluding hydrogens is 231 g/mol. The highest BCUT2D eigenvalue weighted by Gasteiger charge is 2.20. The molecule has 0 N–H and O–H groups in total. The third-order valence-corrected chi connectivity index (χ3v) is 4.66. The summed E-state index contributed by atoms with van der Waals surface area (Å²) >= 11 is 3.16. The molecule has 1 saturated heterocycles. The smallest absolute Gasteiger partial charge is 0.176 e. The van der Waals surface area contributed by atoms with Gasteiger partial charge in [-0.25, -0.2) is 4.39 Å². The Bertz CT molecular complexity index is 342. The number of hydrogen-bond acceptors (Lipinski definition) is 3. The van der Waals surface area contributed by atoms with Crippen LogP contribution in [0.5, 0.6) is 0 Å². The minimum absolute atomic E-state index is 0.0144. The maximum Gasteiger partial charge on any atom is 0.176 e. The van der Waals surface area contributed by atoms with E-state index in [1.54, 1.807) is 5.38 Å². The van der Waals surface area contributed by atoms with E-state index >= 15 is 0 Å². The summed E-state index contributed by atoms with van der Waals surface area (Å²) in [5.41, 5.74) is 0. The second kappa shape index (κ2) is 5.12. The Kier molecular flexibility index (Phi) is 3.81. The zero-order valence-electron chi connectivity index (χ0n) is 8.37. The van der Waals surface area contributed by atoms with Crippen LogP contribution in [0.25, 0.3) is 0 Å². The van der Waals surface area contributed by atoms with Crippen LogP contribution >= 0.6 is 23.1 Å². The lowest BCUT2D eigenvalue weighted by Gasteiger charge is -2.20. The molecule has 0 atom stereocenters. The molecule has 0 aromatic carbocycles. The van der Waals surface area contributed by atoms with Crippen LogP contribution in [-0.2, 0) is 0 Å². The van der Waals surface area contributed by atoms with Gasteiger partial charge in [-0.15, -0.1) is 11.3 Å². The highest BCUT2D eigenvalue weighted by molar-refractivity contribution is 7.99. The number of ketones is 1. The van der Waals surface area contributed by atoms with E-state index in [0.29, 0.717) is 17.2 Å². The molecule has 15 heavy (non-hydrogen) atoms. The summed E-state index contributed by atoms with van der Waals surface area (Å²) in [4.78, 5) is 12.1. The summed E-state index contributed by atoms with van der Waals surface area (Å²) in [5, 5.41) is 1.64. The van der Waals surface area contributed by atoms with E-state index in [0.717, 1.165) is 24.3 Å². The van der Waals surface area contributed by atoms with Crippen molar-refractivity contribution in [2.75, 3.05) is 11.5 Å². The Balaban J connectivity index is 1.94. The first kappa shape index (κ1) is 11.1. The largest absolute Gasteiger partial charge is 0.293 e. The van der Waals surface area contributed by atoms with Gasteiger partial charge in [0.15, 0.2) is 5.78 Å². The normalized spacial score (nSPS) is 17.9. The van der Waals surface area contributed by atoms with Gasteiger partial charge in [0.1, 0.15) is 10.7 Å². The maximum atomic E-state index is 13.1. The average Bonchev–Trinajstić information content (AvgIpc) is 2.66. The molecule has 0 unspecified atom stereocenters. The zero-order chi connectivity index (χ0) is 10.7. The highest BCUT2D eigenvalue weighted by Crippen LogP contribution is 2.28. The first-order chi connectivity index (χ1) is 7.27. The lowest BCUT2D eigenvalue weighted by molar-refractivity contribution is 0.0959. The number of halogens is 1. The Morgan fingerprint density at radius 1 is 1.47 bits per heavy atom. The summed E-state index contributed by atoms with van der Waals surface area (Å²) in [6.45, 7) is 0. The van der Waals surface area contributed by atoms with Crippen LogP contribution in [0.15, 0.2) is 11.4 Å². The summed E-state index contributed by atoms with van der Waals surface area (Å²) in [6.07, 6.45) is 2.73. The maximum absolute atomic E-state index is 13.1. The minimum atomic E-state index is -0.352. The van der Waals surface area contributed by atoms with Gasteiger partial charge >= 0.3 is 0 Å². The number of carbonyl (C=O) groups excluding carboxylic acids is 1. The Morgan fingerprint density at radius 2 is 2.20 bits per heavy atom. The lowest BCUT2D eigenvalue weighted by atomic mass is 9.96. The zero-order valence-corrected chi connectivity index (χ0v) is 10.0. The molecule has 0 radical (unpaired) electrons. The van der Waals surface area contributed by atoms with Gasteiger partial charge in [-0.2, -0.15) is 11.8 Å². The van der Waals surface area contributed by atoms with E-state index in [4.69, 9.17) is 0 Å². The molecule has 1 aromatic rings. The third-order valence-electron chi connectivity index (χ3n) is 2.69. The van der Waals surface area contributed by atoms with E-state index in [2.05, 4.69) is 0 Å². The predicted octanol–water partition coefficient (Wildman–Crippen LogP) is 3.60. The van der Waals surface area contributed by atoms with Crippen molar-refractivity contribution in [1.29, 1.82) is 0 Å². The van der Waals surface area contributed by atoms with E-state index in [-0.39, 0.29) is 11.6 Å². The van der Waals surface area contributed by atoms with Crippen molar-refractivity contribution in [2.24, 2.45) is 5.92 Å². The number of thiophene rings is 1. The fourth-order valence-electron chi connectivity index (χ4n) is 1.80. The monoisotopic (exact) mass is 244 g/mol. The molecule has 0 saturated carbocycles. The Labute approximate surface area is 97.1 Å². The molecule has 1 fully saturated rings. The fraction of sp³-hybridized carbons (Fsp3) is 0.545. The SMILES string of the molecule is O=C(CC1CCSCC1)c1sccc1F. The molecule has 1 aromatic heterocycles. The average molecular weight is 244 g/mol. The van der Waals surface area contributed by atoms with E-state index in [1.165, 1.54) is 17.4 Å². The van der Waals surface area contributed by atoms with Gasteiger partial charge in [-0.05, 0) is 41.7 Å². The summed E-state index contributed by atoms with van der Waals surface area (Å²) < 4.78 is 13.1. The molecule has 0 spiro atoms. The number of hydrogen-bond donors (Lipinski definition) is 0. The first-order valence-electron chi connectivity index (χ1n) is 5.11. The summed E-state index contributed by atoms with van der Waals surface area (Å²) in [5.74, 6) is 2.39. The van der Waals surface area contributed by atoms with Crippen LogP contribution in [0.3, 0.4) is 0 Å². The molecule has 2 rings (SSSR count). The van der Waals surface area contributed by atoms with Crippen LogP contribution in [-0.4, -0.2) is 17.3 Å². The van der Waals surface area contributed by atoms with Crippen molar-refractivity contribution in [3.05, 3.63) is 22.1 Å². The van der Waals surface area contributed by atoms with Crippen molar-refractivity contribution in [3.63, 3.8) is 0 Å². The van der Waals surface area contributed by atoms with E-state index < -0.39 is 0 Å². The van der Waals surface area contributed by atoms with Crippen molar-refractivity contribution in [3.8, 4) is 0 Å². The quantitative estimate of drug-likeness (QED) is 0.756. The molecule has 4 heteroatoms. The van der Waals surface area contributed by atoms with Crippen LogP contribution in [0.4, 0.5) is 4.39 Å². The number of carbonyl (C=O) groups is 1. The van der Waals surface area contributed by atoms with Crippen molar-refractivity contribution >= 4 is 28.9 Å². The highest BCUT2D eigenvalue weighted by atomic mass is 32.2. The standard InChI is InChI=1S/C11H13FOS2/c12-9-3-6-15-11(9)10(13)7-8-1-4-14-5-2-8/h3,6,8H,1-2,4-5,7H2. The van der Waals surface area contributed by atoms with Crippen LogP contribution < -0.4 is 0 Å². The molecule has 0 amide bonds. The first-order valence-corrected chi connectivity index (χ1v) is 7.14. The summed E-state index contributed by atoms with van der Waals surface area (Å²) in [6, 6.07) is 1.37. The molecule has 0 bridgehead atoms. The van der Waals surface area contributed by atoms with Crippen molar-refractivity contribution in [1.82, 2.24) is 0 Å². The Hall–Kier alpha value is -0.350. The van der Waals surface area contributed by atoms with Gasteiger partial charge < -0.3 is 0 Å². The van der Waals surface area contributed by atoms with Crippen molar-refractivity contribution < 1.29 is 9.18 Å². The Morgan fingerprint density at radius 3 is 2.80 bits per heavy atom. The van der Waals surface area contributed by atoms with Gasteiger partial charge in [0.2, 0.25) is 0 Å². The predicted molar refractivity (Wildman–Crippen MR) is 63.3 cm³/mol. The van der Waals surface area contributed by atoms with Crippen LogP contribution in [0.2, 0.25) is 0 Å². The molecule has 1 aliphatic rings. The minimum Gasteiger partial charge on any atom is -0.293 e. The molecular formula is C11H13FOS2. The molecule has 1 nitrogen and oxygen atoms in total. The second-order valence-corrected chi connectivity index (χ2v) is 5.92. The lowest BCUT2D eigenvalue weighted by Crippen LogP contribution is -2.14. The van der Waals surface area contributed by atoms with Crippen molar-refractivity contribution in [2.45, 2.75) is 19.3 Å². The number of thioether (sulfide) groups is 1. The number of Topliss-reactive ketones (excluding diaryl/α,β-unsaturated/α-hetero) is 1. The van der Waals surface area contributed by atoms with E-state index in [1.807, 2.05) is 11.8 Å². The molecule has 2 heterocycles. The molecule has 1 aliphatic heterocycles. The van der Waals surface area contributed by atoms with Gasteiger partial charge in [0.05, 0.1) is 0 Å².